The summed E-state index contributed by atoms with van der Waals surface area (Å²) in [6.07, 6.45) is 2.72. The van der Waals surface area contributed by atoms with E-state index in [0.29, 0.717) is 18.2 Å². The van der Waals surface area contributed by atoms with E-state index in [-0.39, 0.29) is 17.1 Å². The molecule has 1 saturated heterocycles. The number of likely N-dealkylation sites (tertiary alicyclic amines) is 1. The van der Waals surface area contributed by atoms with Gasteiger partial charge in [-0.2, -0.15) is 0 Å². The highest BCUT2D eigenvalue weighted by molar-refractivity contribution is 6.10. The Kier molecular flexibility index (Phi) is 2.45. The van der Waals surface area contributed by atoms with Crippen LogP contribution in [0.15, 0.2) is 66.4 Å². The number of fused-ring (bicyclic) bond motifs is 2. The summed E-state index contributed by atoms with van der Waals surface area (Å²) in [7, 11) is 0. The van der Waals surface area contributed by atoms with Gasteiger partial charge in [0.15, 0.2) is 5.78 Å². The predicted octanol–water partition coefficient (Wildman–Crippen LogP) is 3.66. The average molecular weight is 340 g/mol. The lowest BCUT2D eigenvalue weighted by Gasteiger charge is -2.29. The van der Waals surface area contributed by atoms with Crippen molar-refractivity contribution in [2.45, 2.75) is 11.8 Å². The zero-order chi connectivity index (χ0) is 17.5. The van der Waals surface area contributed by atoms with E-state index < -0.39 is 0 Å². The Morgan fingerprint density at radius 2 is 1.92 bits per heavy atom. The summed E-state index contributed by atoms with van der Waals surface area (Å²) >= 11 is 0. The molecule has 3 aromatic rings. The van der Waals surface area contributed by atoms with Crippen molar-refractivity contribution in [3.05, 3.63) is 83.2 Å². The number of rotatable bonds is 1. The third kappa shape index (κ3) is 1.59. The molecule has 26 heavy (non-hydrogen) atoms. The van der Waals surface area contributed by atoms with Gasteiger partial charge in [-0.3, -0.25) is 9.59 Å². The van der Waals surface area contributed by atoms with E-state index in [2.05, 4.69) is 11.1 Å². The fraction of sp³-hybridized carbons (Fsp3) is 0.182. The molecule has 1 spiro atoms. The Bertz CT molecular complexity index is 1120. The van der Waals surface area contributed by atoms with Gasteiger partial charge in [0.2, 0.25) is 0 Å². The van der Waals surface area contributed by atoms with E-state index in [1.54, 1.807) is 6.08 Å². The summed E-state index contributed by atoms with van der Waals surface area (Å²) in [5.41, 5.74) is 4.17. The second-order valence-corrected chi connectivity index (χ2v) is 7.50. The molecule has 126 valence electrons. The number of benzene rings is 2. The number of para-hydroxylation sites is 1. The number of hydrogen-bond acceptors (Lipinski definition) is 2. The van der Waals surface area contributed by atoms with Gasteiger partial charge in [0.05, 0.1) is 0 Å². The Morgan fingerprint density at radius 3 is 2.81 bits per heavy atom. The lowest BCUT2D eigenvalue weighted by Crippen LogP contribution is -2.33. The van der Waals surface area contributed by atoms with E-state index in [0.717, 1.165) is 34.1 Å². The van der Waals surface area contributed by atoms with Crippen LogP contribution in [0.1, 0.15) is 32.8 Å². The van der Waals surface area contributed by atoms with E-state index >= 15 is 0 Å². The summed E-state index contributed by atoms with van der Waals surface area (Å²) < 4.78 is 0. The highest BCUT2D eigenvalue weighted by Crippen LogP contribution is 2.66. The maximum absolute atomic E-state index is 13.2. The second-order valence-electron chi connectivity index (χ2n) is 7.50. The predicted molar refractivity (Wildman–Crippen MR) is 98.0 cm³/mol. The van der Waals surface area contributed by atoms with Gasteiger partial charge in [-0.1, -0.05) is 42.5 Å². The zero-order valence-electron chi connectivity index (χ0n) is 14.0. The molecule has 0 radical (unpaired) electrons. The summed E-state index contributed by atoms with van der Waals surface area (Å²) in [5, 5.41) is 1.02. The number of amides is 1. The lowest BCUT2D eigenvalue weighted by molar-refractivity contribution is 0.0806. The molecule has 1 N–H and O–H groups in total. The fourth-order valence-electron chi connectivity index (χ4n) is 4.91. The van der Waals surface area contributed by atoms with Crippen molar-refractivity contribution < 1.29 is 9.59 Å². The molecular weight excluding hydrogens is 324 g/mol. The molecular formula is C22H16N2O2. The lowest BCUT2D eigenvalue weighted by atomic mass is 9.81. The number of aromatic nitrogens is 1. The molecule has 1 amide bonds. The molecule has 2 aromatic carbocycles. The first-order valence-corrected chi connectivity index (χ1v) is 8.94. The fourth-order valence-corrected chi connectivity index (χ4v) is 4.91. The van der Waals surface area contributed by atoms with Crippen LogP contribution in [0.3, 0.4) is 0 Å². The van der Waals surface area contributed by atoms with Crippen LogP contribution in [0.5, 0.6) is 0 Å². The molecule has 1 aromatic heterocycles. The van der Waals surface area contributed by atoms with Crippen LogP contribution in [0.25, 0.3) is 10.9 Å². The van der Waals surface area contributed by atoms with Crippen LogP contribution in [-0.2, 0) is 5.41 Å². The Hall–Kier alpha value is -3.14. The van der Waals surface area contributed by atoms with Gasteiger partial charge in [-0.25, -0.2) is 0 Å². The number of carbonyl (C=O) groups excluding carboxylic acids is 2. The number of allylic oxidation sites excluding steroid dienone is 2. The summed E-state index contributed by atoms with van der Waals surface area (Å²) in [6.45, 7) is 0.682. The minimum Gasteiger partial charge on any atom is -0.351 e. The molecule has 2 aliphatic carbocycles. The zero-order valence-corrected chi connectivity index (χ0v) is 14.0. The van der Waals surface area contributed by atoms with Gasteiger partial charge in [-0.05, 0) is 30.0 Å². The SMILES string of the molecule is O=C1C=C2N(C(=O)c3cc4ccccc4[nH]3)CC3C[C@]23c2ccccc21. The molecule has 2 fully saturated rings. The van der Waals surface area contributed by atoms with Gasteiger partial charge in [0.25, 0.3) is 5.91 Å². The molecule has 0 bridgehead atoms. The Labute approximate surface area is 150 Å². The van der Waals surface area contributed by atoms with Crippen molar-refractivity contribution in [3.8, 4) is 0 Å². The molecule has 1 aliphatic heterocycles. The minimum atomic E-state index is -0.133. The summed E-state index contributed by atoms with van der Waals surface area (Å²) in [4.78, 5) is 30.8. The van der Waals surface area contributed by atoms with Gasteiger partial charge >= 0.3 is 0 Å². The quantitative estimate of drug-likeness (QED) is 0.735. The maximum atomic E-state index is 13.2. The van der Waals surface area contributed by atoms with Crippen LogP contribution in [-0.4, -0.2) is 28.1 Å². The number of ketones is 1. The molecule has 4 heteroatoms. The van der Waals surface area contributed by atoms with Crippen LogP contribution in [0.4, 0.5) is 0 Å². The van der Waals surface area contributed by atoms with Crippen molar-refractivity contribution in [3.63, 3.8) is 0 Å². The molecule has 3 aliphatic rings. The summed E-state index contributed by atoms with van der Waals surface area (Å²) in [5.74, 6) is 0.366. The van der Waals surface area contributed by atoms with Crippen molar-refractivity contribution >= 4 is 22.6 Å². The smallest absolute Gasteiger partial charge is 0.274 e. The Balaban J connectivity index is 1.45. The molecule has 4 nitrogen and oxygen atoms in total. The van der Waals surface area contributed by atoms with Crippen molar-refractivity contribution in [2.24, 2.45) is 5.92 Å². The van der Waals surface area contributed by atoms with Gasteiger partial charge in [-0.15, -0.1) is 0 Å². The average Bonchev–Trinajstić information content (AvgIpc) is 3.06. The highest BCUT2D eigenvalue weighted by Gasteiger charge is 2.67. The number of H-pyrrole nitrogens is 1. The van der Waals surface area contributed by atoms with E-state index in [4.69, 9.17) is 0 Å². The topological polar surface area (TPSA) is 53.2 Å². The number of carbonyl (C=O) groups is 2. The third-order valence-corrected chi connectivity index (χ3v) is 6.20. The molecule has 2 atom stereocenters. The first-order valence-electron chi connectivity index (χ1n) is 8.94. The van der Waals surface area contributed by atoms with Crippen LogP contribution in [0, 0.1) is 5.92 Å². The highest BCUT2D eigenvalue weighted by atomic mass is 16.2. The summed E-state index contributed by atoms with van der Waals surface area (Å²) in [6, 6.07) is 17.6. The number of nitrogens with zero attached hydrogens (tertiary/aromatic N) is 1. The molecule has 6 rings (SSSR count). The monoisotopic (exact) mass is 340 g/mol. The molecule has 1 unspecified atom stereocenters. The number of aromatic amines is 1. The van der Waals surface area contributed by atoms with Crippen molar-refractivity contribution in [2.75, 3.05) is 6.54 Å². The van der Waals surface area contributed by atoms with Gasteiger partial charge in [0, 0.05) is 40.2 Å². The maximum Gasteiger partial charge on any atom is 0.274 e. The Morgan fingerprint density at radius 1 is 1.12 bits per heavy atom. The van der Waals surface area contributed by atoms with E-state index in [9.17, 15) is 9.59 Å². The van der Waals surface area contributed by atoms with Crippen molar-refractivity contribution in [1.82, 2.24) is 9.88 Å². The van der Waals surface area contributed by atoms with E-state index in [1.807, 2.05) is 53.4 Å². The van der Waals surface area contributed by atoms with Crippen LogP contribution >= 0.6 is 0 Å². The number of nitrogens with one attached hydrogen (secondary N) is 1. The largest absolute Gasteiger partial charge is 0.351 e. The molecule has 1 saturated carbocycles. The van der Waals surface area contributed by atoms with Crippen LogP contribution < -0.4 is 0 Å². The first kappa shape index (κ1) is 14.1. The number of hydrogen-bond donors (Lipinski definition) is 1. The minimum absolute atomic E-state index is 0.00298. The normalized spacial score (nSPS) is 25.5. The standard InChI is InChI=1S/C22H16N2O2/c25-19-10-20-22(16-7-3-2-6-15(16)19)11-14(22)12-24(20)21(26)18-9-13-5-1-4-8-17(13)23-18/h1-10,14,23H,11-12H2/t14?,22-/m0/s1. The van der Waals surface area contributed by atoms with Crippen LogP contribution in [0.2, 0.25) is 0 Å². The first-order chi connectivity index (χ1) is 12.7. The van der Waals surface area contributed by atoms with Crippen molar-refractivity contribution in [1.29, 1.82) is 0 Å². The van der Waals surface area contributed by atoms with E-state index in [1.165, 1.54) is 0 Å². The van der Waals surface area contributed by atoms with Gasteiger partial charge in [0.1, 0.15) is 5.69 Å². The molecule has 2 heterocycles. The third-order valence-electron chi connectivity index (χ3n) is 6.20. The number of piperidine rings is 1. The second kappa shape index (κ2) is 4.52. The van der Waals surface area contributed by atoms with Gasteiger partial charge < -0.3 is 9.88 Å².